The highest BCUT2D eigenvalue weighted by Gasteiger charge is 2.11. The molecular weight excluding hydrogens is 220 g/mol. The van der Waals surface area contributed by atoms with Gasteiger partial charge in [-0.05, 0) is 19.4 Å². The molecular formula is C12H18N2O3. The van der Waals surface area contributed by atoms with Gasteiger partial charge in [0.15, 0.2) is 0 Å². The summed E-state index contributed by atoms with van der Waals surface area (Å²) in [5, 5.41) is 2.78. The van der Waals surface area contributed by atoms with Crippen molar-refractivity contribution in [3.8, 4) is 5.88 Å². The molecule has 0 aromatic carbocycles. The standard InChI is InChI=1S/C12H18N2O3/c1-4-17-9(2)12(15)14-8-10-5-6-11(16-3)13-7-10/h5-7,9H,4,8H2,1-3H3,(H,14,15)/t9-/m1/s1. The van der Waals surface area contributed by atoms with Gasteiger partial charge in [0.2, 0.25) is 11.8 Å². The Bertz CT molecular complexity index is 351. The fraction of sp³-hybridized carbons (Fsp3) is 0.500. The van der Waals surface area contributed by atoms with E-state index in [1.165, 1.54) is 0 Å². The van der Waals surface area contributed by atoms with Crippen LogP contribution in [0, 0.1) is 0 Å². The van der Waals surface area contributed by atoms with Crippen LogP contribution in [0.4, 0.5) is 0 Å². The third-order valence-electron chi connectivity index (χ3n) is 2.26. The average Bonchev–Trinajstić information content (AvgIpc) is 2.36. The number of nitrogens with one attached hydrogen (secondary N) is 1. The highest BCUT2D eigenvalue weighted by Crippen LogP contribution is 2.06. The van der Waals surface area contributed by atoms with Gasteiger partial charge in [-0.25, -0.2) is 4.98 Å². The van der Waals surface area contributed by atoms with Crippen LogP contribution >= 0.6 is 0 Å². The Morgan fingerprint density at radius 3 is 2.82 bits per heavy atom. The van der Waals surface area contributed by atoms with Gasteiger partial charge in [0, 0.05) is 25.4 Å². The van der Waals surface area contributed by atoms with Gasteiger partial charge in [0.1, 0.15) is 6.10 Å². The van der Waals surface area contributed by atoms with Crippen LogP contribution in [-0.4, -0.2) is 30.7 Å². The molecule has 0 radical (unpaired) electrons. The van der Waals surface area contributed by atoms with E-state index in [0.29, 0.717) is 19.0 Å². The molecule has 1 N–H and O–H groups in total. The Morgan fingerprint density at radius 1 is 1.53 bits per heavy atom. The highest BCUT2D eigenvalue weighted by atomic mass is 16.5. The summed E-state index contributed by atoms with van der Waals surface area (Å²) < 4.78 is 10.1. The van der Waals surface area contributed by atoms with Gasteiger partial charge < -0.3 is 14.8 Å². The van der Waals surface area contributed by atoms with E-state index in [1.54, 1.807) is 26.3 Å². The maximum atomic E-state index is 11.5. The van der Waals surface area contributed by atoms with E-state index < -0.39 is 6.10 Å². The van der Waals surface area contributed by atoms with Gasteiger partial charge in [0.25, 0.3) is 0 Å². The third kappa shape index (κ3) is 4.40. The van der Waals surface area contributed by atoms with Gasteiger partial charge in [-0.1, -0.05) is 6.07 Å². The van der Waals surface area contributed by atoms with Crippen molar-refractivity contribution in [2.45, 2.75) is 26.5 Å². The van der Waals surface area contributed by atoms with Crippen molar-refractivity contribution in [2.75, 3.05) is 13.7 Å². The molecule has 1 aromatic heterocycles. The summed E-state index contributed by atoms with van der Waals surface area (Å²) in [5.41, 5.74) is 0.919. The molecule has 0 spiro atoms. The lowest BCUT2D eigenvalue weighted by atomic mass is 10.2. The summed E-state index contributed by atoms with van der Waals surface area (Å²) in [6, 6.07) is 3.62. The number of carbonyl (C=O) groups is 1. The van der Waals surface area contributed by atoms with E-state index in [1.807, 2.05) is 13.0 Å². The Hall–Kier alpha value is -1.62. The topological polar surface area (TPSA) is 60.5 Å². The third-order valence-corrected chi connectivity index (χ3v) is 2.26. The number of hydrogen-bond donors (Lipinski definition) is 1. The molecule has 0 aliphatic carbocycles. The minimum absolute atomic E-state index is 0.123. The summed E-state index contributed by atoms with van der Waals surface area (Å²) >= 11 is 0. The fourth-order valence-corrected chi connectivity index (χ4v) is 1.29. The lowest BCUT2D eigenvalue weighted by Gasteiger charge is -2.11. The highest BCUT2D eigenvalue weighted by molar-refractivity contribution is 5.80. The van der Waals surface area contributed by atoms with Crippen LogP contribution < -0.4 is 10.1 Å². The SMILES string of the molecule is CCO[C@H](C)C(=O)NCc1ccc(OC)nc1. The number of nitrogens with zero attached hydrogens (tertiary/aromatic N) is 1. The summed E-state index contributed by atoms with van der Waals surface area (Å²) in [6.07, 6.45) is 1.25. The molecule has 17 heavy (non-hydrogen) atoms. The first-order valence-electron chi connectivity index (χ1n) is 5.55. The van der Waals surface area contributed by atoms with Crippen LogP contribution in [-0.2, 0) is 16.1 Å². The predicted octanol–water partition coefficient (Wildman–Crippen LogP) is 1.13. The van der Waals surface area contributed by atoms with E-state index in [-0.39, 0.29) is 5.91 Å². The first kappa shape index (κ1) is 13.4. The number of carbonyl (C=O) groups excluding carboxylic acids is 1. The second-order valence-electron chi connectivity index (χ2n) is 3.52. The first-order chi connectivity index (χ1) is 8.17. The number of pyridine rings is 1. The van der Waals surface area contributed by atoms with Crippen LogP contribution in [0.3, 0.4) is 0 Å². The minimum Gasteiger partial charge on any atom is -0.481 e. The Balaban J connectivity index is 2.41. The molecule has 1 heterocycles. The lowest BCUT2D eigenvalue weighted by Crippen LogP contribution is -2.34. The second kappa shape index (κ2) is 6.85. The quantitative estimate of drug-likeness (QED) is 0.807. The molecule has 0 fully saturated rings. The first-order valence-corrected chi connectivity index (χ1v) is 5.55. The molecule has 0 aliphatic rings. The van der Waals surface area contributed by atoms with Gasteiger partial charge in [-0.15, -0.1) is 0 Å². The van der Waals surface area contributed by atoms with E-state index in [9.17, 15) is 4.79 Å². The average molecular weight is 238 g/mol. The van der Waals surface area contributed by atoms with Crippen LogP contribution in [0.5, 0.6) is 5.88 Å². The maximum Gasteiger partial charge on any atom is 0.249 e. The van der Waals surface area contributed by atoms with Gasteiger partial charge in [0.05, 0.1) is 7.11 Å². The van der Waals surface area contributed by atoms with Crippen molar-refractivity contribution in [3.63, 3.8) is 0 Å². The Kier molecular flexibility index (Phi) is 5.42. The summed E-state index contributed by atoms with van der Waals surface area (Å²) in [7, 11) is 1.56. The van der Waals surface area contributed by atoms with Crippen molar-refractivity contribution in [1.29, 1.82) is 0 Å². The molecule has 94 valence electrons. The number of hydrogen-bond acceptors (Lipinski definition) is 4. The lowest BCUT2D eigenvalue weighted by molar-refractivity contribution is -0.131. The number of amides is 1. The number of aromatic nitrogens is 1. The Labute approximate surface area is 101 Å². The zero-order chi connectivity index (χ0) is 12.7. The number of methoxy groups -OCH3 is 1. The van der Waals surface area contributed by atoms with Crippen molar-refractivity contribution in [2.24, 2.45) is 0 Å². The molecule has 1 aromatic rings. The molecule has 0 aliphatic heterocycles. The van der Waals surface area contributed by atoms with Crippen LogP contribution in [0.2, 0.25) is 0 Å². The smallest absolute Gasteiger partial charge is 0.249 e. The Morgan fingerprint density at radius 2 is 2.29 bits per heavy atom. The predicted molar refractivity (Wildman–Crippen MR) is 63.7 cm³/mol. The summed E-state index contributed by atoms with van der Waals surface area (Å²) in [5.74, 6) is 0.436. The van der Waals surface area contributed by atoms with Gasteiger partial charge in [-0.2, -0.15) is 0 Å². The van der Waals surface area contributed by atoms with Crippen LogP contribution in [0.15, 0.2) is 18.3 Å². The van der Waals surface area contributed by atoms with Crippen molar-refractivity contribution in [1.82, 2.24) is 10.3 Å². The molecule has 1 amide bonds. The number of ether oxygens (including phenoxy) is 2. The molecule has 0 unspecified atom stereocenters. The monoisotopic (exact) mass is 238 g/mol. The molecule has 0 saturated heterocycles. The van der Waals surface area contributed by atoms with E-state index in [4.69, 9.17) is 9.47 Å². The summed E-state index contributed by atoms with van der Waals surface area (Å²) in [6.45, 7) is 4.55. The van der Waals surface area contributed by atoms with Crippen LogP contribution in [0.25, 0.3) is 0 Å². The van der Waals surface area contributed by atoms with Crippen molar-refractivity contribution < 1.29 is 14.3 Å². The normalized spacial score (nSPS) is 11.9. The van der Waals surface area contributed by atoms with Gasteiger partial charge in [-0.3, -0.25) is 4.79 Å². The summed E-state index contributed by atoms with van der Waals surface area (Å²) in [4.78, 5) is 15.6. The van der Waals surface area contributed by atoms with Crippen LogP contribution in [0.1, 0.15) is 19.4 Å². The van der Waals surface area contributed by atoms with Crippen molar-refractivity contribution >= 4 is 5.91 Å². The molecule has 5 heteroatoms. The number of rotatable bonds is 6. The van der Waals surface area contributed by atoms with Gasteiger partial charge >= 0.3 is 0 Å². The molecule has 5 nitrogen and oxygen atoms in total. The molecule has 1 atom stereocenters. The zero-order valence-corrected chi connectivity index (χ0v) is 10.4. The van der Waals surface area contributed by atoms with E-state index >= 15 is 0 Å². The largest absolute Gasteiger partial charge is 0.481 e. The minimum atomic E-state index is -0.425. The zero-order valence-electron chi connectivity index (χ0n) is 10.4. The van der Waals surface area contributed by atoms with Crippen molar-refractivity contribution in [3.05, 3.63) is 23.9 Å². The second-order valence-corrected chi connectivity index (χ2v) is 3.52. The maximum absolute atomic E-state index is 11.5. The fourth-order valence-electron chi connectivity index (χ4n) is 1.29. The van der Waals surface area contributed by atoms with E-state index in [0.717, 1.165) is 5.56 Å². The van der Waals surface area contributed by atoms with E-state index in [2.05, 4.69) is 10.3 Å². The molecule has 0 saturated carbocycles. The molecule has 1 rings (SSSR count). The molecule has 0 bridgehead atoms.